The number of carbonyl (C=O) groups is 1. The van der Waals surface area contributed by atoms with Crippen molar-refractivity contribution in [3.05, 3.63) is 45.8 Å². The number of hydrogen-bond donors (Lipinski definition) is 3. The predicted molar refractivity (Wildman–Crippen MR) is 74.7 cm³/mol. The minimum atomic E-state index is -0.826. The molecule has 0 aliphatic rings. The van der Waals surface area contributed by atoms with Crippen molar-refractivity contribution in [2.45, 2.75) is 0 Å². The summed E-state index contributed by atoms with van der Waals surface area (Å²) in [6, 6.07) is 4.47. The van der Waals surface area contributed by atoms with Crippen LogP contribution in [0.2, 0.25) is 10.2 Å². The Hall–Kier alpha value is -2.05. The van der Waals surface area contributed by atoms with Crippen LogP contribution in [0, 0.1) is 5.82 Å². The number of benzene rings is 1. The predicted octanol–water partition coefficient (Wildman–Crippen LogP) is 3.07. The summed E-state index contributed by atoms with van der Waals surface area (Å²) in [6.07, 6.45) is 0. The van der Waals surface area contributed by atoms with E-state index in [0.717, 1.165) is 12.1 Å². The van der Waals surface area contributed by atoms with E-state index in [-0.39, 0.29) is 27.2 Å². The number of phenols is 1. The Morgan fingerprint density at radius 2 is 2.00 bits per heavy atom. The van der Waals surface area contributed by atoms with Crippen molar-refractivity contribution in [1.29, 1.82) is 0 Å². The van der Waals surface area contributed by atoms with E-state index in [0.29, 0.717) is 0 Å². The Balaban J connectivity index is 2.30. The van der Waals surface area contributed by atoms with Crippen molar-refractivity contribution in [3.8, 4) is 5.75 Å². The third-order valence-electron chi connectivity index (χ3n) is 2.36. The highest BCUT2D eigenvalue weighted by atomic mass is 35.5. The van der Waals surface area contributed by atoms with Gasteiger partial charge in [-0.1, -0.05) is 23.2 Å². The molecule has 2 aromatic rings. The molecule has 0 saturated heterocycles. The highest BCUT2D eigenvalue weighted by molar-refractivity contribution is 6.32. The van der Waals surface area contributed by atoms with Crippen molar-refractivity contribution in [2.24, 2.45) is 0 Å². The van der Waals surface area contributed by atoms with E-state index in [4.69, 9.17) is 28.9 Å². The molecule has 0 aliphatic heterocycles. The number of hydrogen-bond acceptors (Lipinski definition) is 4. The zero-order valence-corrected chi connectivity index (χ0v) is 11.3. The summed E-state index contributed by atoms with van der Waals surface area (Å²) in [6.45, 7) is 0. The normalized spacial score (nSPS) is 10.3. The SMILES string of the molecule is Nc1cc(C(=O)Nc2cc(Cl)c(O)cc2F)cc(Cl)n1. The van der Waals surface area contributed by atoms with Gasteiger partial charge in [0.05, 0.1) is 10.7 Å². The number of phenolic OH excluding ortho intramolecular Hbond substituents is 1. The molecule has 1 aromatic carbocycles. The average Bonchev–Trinajstić information content (AvgIpc) is 2.34. The monoisotopic (exact) mass is 315 g/mol. The minimum absolute atomic E-state index is 0.0411. The molecule has 20 heavy (non-hydrogen) atoms. The quantitative estimate of drug-likeness (QED) is 0.587. The summed E-state index contributed by atoms with van der Waals surface area (Å²) in [5, 5.41) is 11.5. The molecule has 5 nitrogen and oxygen atoms in total. The standard InChI is InChI=1S/C12H8Cl2FN3O2/c13-6-3-8(7(15)4-9(6)19)17-12(20)5-1-10(14)18-11(16)2-5/h1-4,19H,(H2,16,18)(H,17,20). The van der Waals surface area contributed by atoms with E-state index in [1.165, 1.54) is 12.1 Å². The first-order valence-electron chi connectivity index (χ1n) is 5.29. The Bertz CT molecular complexity index is 674. The molecule has 0 saturated carbocycles. The lowest BCUT2D eigenvalue weighted by Gasteiger charge is -2.08. The van der Waals surface area contributed by atoms with Crippen LogP contribution in [0.4, 0.5) is 15.9 Å². The molecule has 4 N–H and O–H groups in total. The molecule has 0 radical (unpaired) electrons. The average molecular weight is 316 g/mol. The van der Waals surface area contributed by atoms with Crippen molar-refractivity contribution in [3.63, 3.8) is 0 Å². The number of nitrogens with zero attached hydrogens (tertiary/aromatic N) is 1. The maximum absolute atomic E-state index is 13.6. The van der Waals surface area contributed by atoms with E-state index in [1.807, 2.05) is 0 Å². The molecule has 8 heteroatoms. The first-order valence-corrected chi connectivity index (χ1v) is 6.05. The number of aromatic nitrogens is 1. The first kappa shape index (κ1) is 14.4. The summed E-state index contributed by atoms with van der Waals surface area (Å²) < 4.78 is 13.6. The number of pyridine rings is 1. The zero-order valence-electron chi connectivity index (χ0n) is 9.82. The molecule has 0 fully saturated rings. The number of nitrogens with two attached hydrogens (primary N) is 1. The van der Waals surface area contributed by atoms with Gasteiger partial charge in [-0.2, -0.15) is 0 Å². The summed E-state index contributed by atoms with van der Waals surface area (Å²) in [5.41, 5.74) is 5.40. The summed E-state index contributed by atoms with van der Waals surface area (Å²) in [4.78, 5) is 15.6. The second-order valence-electron chi connectivity index (χ2n) is 3.84. The number of amides is 1. The number of nitrogen functional groups attached to an aromatic ring is 1. The fourth-order valence-corrected chi connectivity index (χ4v) is 1.85. The lowest BCUT2D eigenvalue weighted by Crippen LogP contribution is -2.13. The minimum Gasteiger partial charge on any atom is -0.506 e. The summed E-state index contributed by atoms with van der Waals surface area (Å²) in [7, 11) is 0. The fraction of sp³-hybridized carbons (Fsp3) is 0. The van der Waals surface area contributed by atoms with Crippen LogP contribution >= 0.6 is 23.2 Å². The molecule has 1 amide bonds. The second-order valence-corrected chi connectivity index (χ2v) is 4.64. The Labute approximate surface area is 123 Å². The third kappa shape index (κ3) is 3.09. The van der Waals surface area contributed by atoms with Crippen LogP contribution in [0.1, 0.15) is 10.4 Å². The molecular formula is C12H8Cl2FN3O2. The molecular weight excluding hydrogens is 308 g/mol. The van der Waals surface area contributed by atoms with Crippen LogP contribution < -0.4 is 11.1 Å². The molecule has 1 heterocycles. The molecule has 0 spiro atoms. The van der Waals surface area contributed by atoms with Gasteiger partial charge >= 0.3 is 0 Å². The van der Waals surface area contributed by atoms with E-state index >= 15 is 0 Å². The van der Waals surface area contributed by atoms with Crippen LogP contribution in [-0.2, 0) is 0 Å². The van der Waals surface area contributed by atoms with Gasteiger partial charge in [-0.05, 0) is 18.2 Å². The highest BCUT2D eigenvalue weighted by Gasteiger charge is 2.13. The van der Waals surface area contributed by atoms with E-state index in [9.17, 15) is 14.3 Å². The maximum Gasteiger partial charge on any atom is 0.255 e. The Morgan fingerprint density at radius 3 is 2.65 bits per heavy atom. The molecule has 0 unspecified atom stereocenters. The van der Waals surface area contributed by atoms with Crippen LogP contribution in [0.5, 0.6) is 5.75 Å². The van der Waals surface area contributed by atoms with Crippen LogP contribution in [0.15, 0.2) is 24.3 Å². The van der Waals surface area contributed by atoms with Gasteiger partial charge in [0.1, 0.15) is 16.7 Å². The van der Waals surface area contributed by atoms with Crippen LogP contribution in [-0.4, -0.2) is 16.0 Å². The number of nitrogens with one attached hydrogen (secondary N) is 1. The van der Waals surface area contributed by atoms with Crippen molar-refractivity contribution in [2.75, 3.05) is 11.1 Å². The third-order valence-corrected chi connectivity index (χ3v) is 2.86. The summed E-state index contributed by atoms with van der Waals surface area (Å²) in [5.74, 6) is -1.82. The number of aromatic hydroxyl groups is 1. The van der Waals surface area contributed by atoms with Gasteiger partial charge in [0.2, 0.25) is 0 Å². The smallest absolute Gasteiger partial charge is 0.255 e. The van der Waals surface area contributed by atoms with Gasteiger partial charge in [-0.15, -0.1) is 0 Å². The van der Waals surface area contributed by atoms with Crippen molar-refractivity contribution < 1.29 is 14.3 Å². The molecule has 0 atom stereocenters. The Kier molecular flexibility index (Phi) is 3.96. The van der Waals surface area contributed by atoms with Gasteiger partial charge in [-0.3, -0.25) is 4.79 Å². The van der Waals surface area contributed by atoms with Crippen LogP contribution in [0.3, 0.4) is 0 Å². The fourth-order valence-electron chi connectivity index (χ4n) is 1.47. The van der Waals surface area contributed by atoms with Gasteiger partial charge < -0.3 is 16.2 Å². The molecule has 104 valence electrons. The maximum atomic E-state index is 13.6. The topological polar surface area (TPSA) is 88.2 Å². The van der Waals surface area contributed by atoms with Gasteiger partial charge in [-0.25, -0.2) is 9.37 Å². The van der Waals surface area contributed by atoms with E-state index < -0.39 is 17.5 Å². The second kappa shape index (κ2) is 5.52. The zero-order chi connectivity index (χ0) is 14.9. The lowest BCUT2D eigenvalue weighted by molar-refractivity contribution is 0.102. The summed E-state index contributed by atoms with van der Waals surface area (Å²) >= 11 is 11.3. The largest absolute Gasteiger partial charge is 0.506 e. The number of rotatable bonds is 2. The number of anilines is 2. The number of halogens is 3. The highest BCUT2D eigenvalue weighted by Crippen LogP contribution is 2.29. The van der Waals surface area contributed by atoms with Crippen LogP contribution in [0.25, 0.3) is 0 Å². The molecule has 1 aromatic heterocycles. The van der Waals surface area contributed by atoms with Crippen molar-refractivity contribution in [1.82, 2.24) is 4.98 Å². The van der Waals surface area contributed by atoms with E-state index in [1.54, 1.807) is 0 Å². The first-order chi connectivity index (χ1) is 9.36. The lowest BCUT2D eigenvalue weighted by atomic mass is 10.2. The number of carbonyl (C=O) groups excluding carboxylic acids is 1. The van der Waals surface area contributed by atoms with E-state index in [2.05, 4.69) is 10.3 Å². The van der Waals surface area contributed by atoms with Crippen molar-refractivity contribution >= 4 is 40.6 Å². The van der Waals surface area contributed by atoms with Gasteiger partial charge in [0.25, 0.3) is 5.91 Å². The van der Waals surface area contributed by atoms with Gasteiger partial charge in [0.15, 0.2) is 5.82 Å². The molecule has 0 aliphatic carbocycles. The molecule has 0 bridgehead atoms. The Morgan fingerprint density at radius 1 is 1.30 bits per heavy atom. The molecule has 2 rings (SSSR count). The van der Waals surface area contributed by atoms with Gasteiger partial charge in [0, 0.05) is 11.6 Å².